The zero-order valence-electron chi connectivity index (χ0n) is 9.74. The normalized spacial score (nSPS) is 23.4. The topological polar surface area (TPSA) is 58.2 Å². The van der Waals surface area contributed by atoms with Gasteiger partial charge in [-0.2, -0.15) is 0 Å². The number of amides is 3. The van der Waals surface area contributed by atoms with Gasteiger partial charge in [-0.1, -0.05) is 18.2 Å². The molecule has 2 rings (SSSR count). The summed E-state index contributed by atoms with van der Waals surface area (Å²) in [6, 6.07) is 7.56. The second kappa shape index (κ2) is 4.41. The van der Waals surface area contributed by atoms with Crippen molar-refractivity contribution in [3.05, 3.63) is 29.8 Å². The van der Waals surface area contributed by atoms with E-state index in [0.717, 1.165) is 4.90 Å². The van der Waals surface area contributed by atoms with Gasteiger partial charge in [0.1, 0.15) is 5.54 Å². The molecule has 4 nitrogen and oxygen atoms in total. The van der Waals surface area contributed by atoms with E-state index in [2.05, 4.69) is 10.6 Å². The van der Waals surface area contributed by atoms with E-state index in [1.165, 1.54) is 5.56 Å². The van der Waals surface area contributed by atoms with E-state index in [1.807, 2.05) is 31.2 Å². The minimum absolute atomic E-state index is 0.261. The standard InChI is InChI=1S/C12H14N2O2S/c1-8-5-3-4-6-9(8)17-7-12(2)10(15)13-11(16)14-12/h3-6H,7H2,1-2H3,(H2,13,14,15,16). The van der Waals surface area contributed by atoms with Crippen LogP contribution in [-0.4, -0.2) is 23.2 Å². The molecule has 90 valence electrons. The van der Waals surface area contributed by atoms with E-state index in [-0.39, 0.29) is 5.91 Å². The van der Waals surface area contributed by atoms with E-state index < -0.39 is 11.6 Å². The Morgan fingerprint density at radius 3 is 2.59 bits per heavy atom. The lowest BCUT2D eigenvalue weighted by atomic mass is 10.1. The van der Waals surface area contributed by atoms with Gasteiger partial charge in [-0.25, -0.2) is 4.79 Å². The second-order valence-corrected chi connectivity index (χ2v) is 5.31. The van der Waals surface area contributed by atoms with Gasteiger partial charge < -0.3 is 5.32 Å². The lowest BCUT2D eigenvalue weighted by Gasteiger charge is -2.20. The monoisotopic (exact) mass is 250 g/mol. The summed E-state index contributed by atoms with van der Waals surface area (Å²) < 4.78 is 0. The molecule has 1 aromatic rings. The molecule has 2 N–H and O–H groups in total. The number of aryl methyl sites for hydroxylation is 1. The molecular formula is C12H14N2O2S. The van der Waals surface area contributed by atoms with E-state index in [0.29, 0.717) is 5.75 Å². The molecule has 0 radical (unpaired) electrons. The van der Waals surface area contributed by atoms with Gasteiger partial charge in [0.05, 0.1) is 0 Å². The Hall–Kier alpha value is -1.49. The van der Waals surface area contributed by atoms with Gasteiger partial charge in [0.2, 0.25) is 0 Å². The minimum atomic E-state index is -0.815. The Morgan fingerprint density at radius 2 is 2.00 bits per heavy atom. The summed E-state index contributed by atoms with van der Waals surface area (Å²) in [6.07, 6.45) is 0. The fourth-order valence-electron chi connectivity index (χ4n) is 1.62. The maximum absolute atomic E-state index is 11.6. The molecule has 1 aliphatic heterocycles. The third kappa shape index (κ3) is 2.44. The van der Waals surface area contributed by atoms with Gasteiger partial charge in [-0.15, -0.1) is 11.8 Å². The lowest BCUT2D eigenvalue weighted by molar-refractivity contribution is -0.122. The molecule has 0 aliphatic carbocycles. The van der Waals surface area contributed by atoms with E-state index in [1.54, 1.807) is 18.7 Å². The summed E-state index contributed by atoms with van der Waals surface area (Å²) in [4.78, 5) is 23.8. The Bertz CT molecular complexity index is 475. The molecule has 1 atom stereocenters. The Kier molecular flexibility index (Phi) is 3.11. The van der Waals surface area contributed by atoms with Gasteiger partial charge in [0.25, 0.3) is 5.91 Å². The highest BCUT2D eigenvalue weighted by atomic mass is 32.2. The van der Waals surface area contributed by atoms with Crippen molar-refractivity contribution in [1.29, 1.82) is 0 Å². The van der Waals surface area contributed by atoms with E-state index >= 15 is 0 Å². The zero-order chi connectivity index (χ0) is 12.5. The Morgan fingerprint density at radius 1 is 1.29 bits per heavy atom. The first kappa shape index (κ1) is 12.0. The van der Waals surface area contributed by atoms with E-state index in [4.69, 9.17) is 0 Å². The van der Waals surface area contributed by atoms with Crippen molar-refractivity contribution in [2.75, 3.05) is 5.75 Å². The first-order valence-electron chi connectivity index (χ1n) is 5.33. The molecule has 1 aromatic carbocycles. The van der Waals surface area contributed by atoms with Gasteiger partial charge in [0, 0.05) is 10.6 Å². The van der Waals surface area contributed by atoms with Crippen LogP contribution in [-0.2, 0) is 4.79 Å². The predicted molar refractivity (Wildman–Crippen MR) is 67.0 cm³/mol. The molecule has 5 heteroatoms. The van der Waals surface area contributed by atoms with Crippen LogP contribution in [0.1, 0.15) is 12.5 Å². The van der Waals surface area contributed by atoms with Crippen LogP contribution in [0.3, 0.4) is 0 Å². The van der Waals surface area contributed by atoms with Gasteiger partial charge in [-0.05, 0) is 25.5 Å². The third-order valence-electron chi connectivity index (χ3n) is 2.73. The number of carbonyl (C=O) groups is 2. The van der Waals surface area contributed by atoms with Gasteiger partial charge in [-0.3, -0.25) is 10.1 Å². The Balaban J connectivity index is 2.06. The molecule has 0 bridgehead atoms. The summed E-state index contributed by atoms with van der Waals surface area (Å²) in [5, 5.41) is 4.91. The summed E-state index contributed by atoms with van der Waals surface area (Å²) in [6.45, 7) is 3.76. The van der Waals surface area contributed by atoms with Crippen LogP contribution in [0, 0.1) is 6.92 Å². The van der Waals surface area contributed by atoms with Crippen LogP contribution in [0.25, 0.3) is 0 Å². The fourth-order valence-corrected chi connectivity index (χ4v) is 2.74. The molecule has 17 heavy (non-hydrogen) atoms. The number of hydrogen-bond acceptors (Lipinski definition) is 3. The average Bonchev–Trinajstić information content (AvgIpc) is 2.52. The molecule has 0 aromatic heterocycles. The molecule has 1 aliphatic rings. The number of hydrogen-bond donors (Lipinski definition) is 2. The first-order valence-corrected chi connectivity index (χ1v) is 6.32. The quantitative estimate of drug-likeness (QED) is 0.634. The molecule has 1 heterocycles. The number of nitrogens with one attached hydrogen (secondary N) is 2. The van der Waals surface area contributed by atoms with Crippen LogP contribution >= 0.6 is 11.8 Å². The predicted octanol–water partition coefficient (Wildman–Crippen LogP) is 1.69. The molecule has 1 saturated heterocycles. The Labute approximate surface area is 104 Å². The molecule has 3 amide bonds. The number of carbonyl (C=O) groups excluding carboxylic acids is 2. The van der Waals surface area contributed by atoms with Crippen molar-refractivity contribution in [2.45, 2.75) is 24.3 Å². The molecular weight excluding hydrogens is 236 g/mol. The van der Waals surface area contributed by atoms with Crippen molar-refractivity contribution in [2.24, 2.45) is 0 Å². The molecule has 1 fully saturated rings. The summed E-state index contributed by atoms with van der Waals surface area (Å²) in [5.74, 6) is 0.263. The molecule has 1 unspecified atom stereocenters. The van der Waals surface area contributed by atoms with E-state index in [9.17, 15) is 9.59 Å². The number of urea groups is 1. The van der Waals surface area contributed by atoms with Gasteiger partial charge in [0.15, 0.2) is 0 Å². The number of benzene rings is 1. The van der Waals surface area contributed by atoms with Crippen LogP contribution in [0.4, 0.5) is 4.79 Å². The number of imide groups is 1. The maximum Gasteiger partial charge on any atom is 0.322 e. The van der Waals surface area contributed by atoms with Crippen molar-refractivity contribution in [1.82, 2.24) is 10.6 Å². The van der Waals surface area contributed by atoms with Gasteiger partial charge >= 0.3 is 6.03 Å². The van der Waals surface area contributed by atoms with Crippen molar-refractivity contribution >= 4 is 23.7 Å². The number of rotatable bonds is 3. The smallest absolute Gasteiger partial charge is 0.322 e. The highest BCUT2D eigenvalue weighted by Gasteiger charge is 2.41. The summed E-state index contributed by atoms with van der Waals surface area (Å²) >= 11 is 1.57. The summed E-state index contributed by atoms with van der Waals surface area (Å²) in [7, 11) is 0. The number of thioether (sulfide) groups is 1. The lowest BCUT2D eigenvalue weighted by Crippen LogP contribution is -2.46. The van der Waals surface area contributed by atoms with Crippen molar-refractivity contribution in [3.63, 3.8) is 0 Å². The van der Waals surface area contributed by atoms with Crippen LogP contribution < -0.4 is 10.6 Å². The van der Waals surface area contributed by atoms with Crippen molar-refractivity contribution in [3.8, 4) is 0 Å². The highest BCUT2D eigenvalue weighted by molar-refractivity contribution is 7.99. The third-order valence-corrected chi connectivity index (χ3v) is 4.22. The molecule has 0 saturated carbocycles. The fraction of sp³-hybridized carbons (Fsp3) is 0.333. The first-order chi connectivity index (χ1) is 8.01. The SMILES string of the molecule is Cc1ccccc1SCC1(C)NC(=O)NC1=O. The second-order valence-electron chi connectivity index (χ2n) is 4.29. The highest BCUT2D eigenvalue weighted by Crippen LogP contribution is 2.26. The summed E-state index contributed by atoms with van der Waals surface area (Å²) in [5.41, 5.74) is 0.357. The van der Waals surface area contributed by atoms with Crippen LogP contribution in [0.2, 0.25) is 0 Å². The van der Waals surface area contributed by atoms with Crippen LogP contribution in [0.15, 0.2) is 29.2 Å². The van der Waals surface area contributed by atoms with Crippen molar-refractivity contribution < 1.29 is 9.59 Å². The average molecular weight is 250 g/mol. The zero-order valence-corrected chi connectivity index (χ0v) is 10.6. The maximum atomic E-state index is 11.6. The van der Waals surface area contributed by atoms with Crippen LogP contribution in [0.5, 0.6) is 0 Å². The largest absolute Gasteiger partial charge is 0.323 e. The minimum Gasteiger partial charge on any atom is -0.323 e. The molecule has 0 spiro atoms.